The molecule has 5 rings (SSSR count). The smallest absolute Gasteiger partial charge is 0.251 e. The van der Waals surface area contributed by atoms with Crippen LogP contribution < -0.4 is 20.1 Å². The summed E-state index contributed by atoms with van der Waals surface area (Å²) in [6.07, 6.45) is 1.61. The molecule has 0 spiro atoms. The number of fused-ring (bicyclic) bond motifs is 1. The van der Waals surface area contributed by atoms with Gasteiger partial charge < -0.3 is 20.1 Å². The summed E-state index contributed by atoms with van der Waals surface area (Å²) in [6.45, 7) is 7.04. The molecule has 1 heterocycles. The second kappa shape index (κ2) is 9.10. The predicted octanol–water partition coefficient (Wildman–Crippen LogP) is 5.69. The fraction of sp³-hybridized carbons (Fsp3) is 0.310. The third-order valence-electron chi connectivity index (χ3n) is 6.73. The molecule has 3 aromatic rings. The van der Waals surface area contributed by atoms with Gasteiger partial charge in [-0.05, 0) is 84.3 Å². The average Bonchev–Trinajstić information content (AvgIpc) is 3.54. The Morgan fingerprint density at radius 3 is 2.43 bits per heavy atom. The Bertz CT molecular complexity index is 1280. The number of benzene rings is 3. The lowest BCUT2D eigenvalue weighted by atomic mass is 9.94. The average molecular weight is 473 g/mol. The topological polar surface area (TPSA) is 76.7 Å². The number of amides is 2. The predicted molar refractivity (Wildman–Crippen MR) is 138 cm³/mol. The van der Waals surface area contributed by atoms with Crippen molar-refractivity contribution in [2.75, 3.05) is 18.7 Å². The monoisotopic (exact) mass is 472 g/mol. The van der Waals surface area contributed by atoms with Gasteiger partial charge in [0.05, 0.1) is 5.41 Å². The number of carbonyl (C=O) groups is 2. The van der Waals surface area contributed by atoms with Crippen molar-refractivity contribution in [1.29, 1.82) is 0 Å². The van der Waals surface area contributed by atoms with Crippen LogP contribution >= 0.6 is 0 Å². The summed E-state index contributed by atoms with van der Waals surface area (Å²) in [7, 11) is 0. The molecule has 1 aliphatic carbocycles. The number of hydrogen-bond acceptors (Lipinski definition) is 4. The molecule has 1 fully saturated rings. The van der Waals surface area contributed by atoms with Crippen molar-refractivity contribution in [2.45, 2.75) is 39.0 Å². The van der Waals surface area contributed by atoms with E-state index >= 15 is 0 Å². The molecule has 0 radical (unpaired) electrons. The van der Waals surface area contributed by atoms with Gasteiger partial charge in [-0.1, -0.05) is 38.1 Å². The van der Waals surface area contributed by atoms with Crippen molar-refractivity contribution in [3.8, 4) is 22.6 Å². The van der Waals surface area contributed by atoms with Gasteiger partial charge in [0.2, 0.25) is 12.7 Å². The van der Waals surface area contributed by atoms with E-state index in [9.17, 15) is 9.59 Å². The van der Waals surface area contributed by atoms with Gasteiger partial charge in [0.15, 0.2) is 11.5 Å². The first-order chi connectivity index (χ1) is 16.9. The highest BCUT2D eigenvalue weighted by Crippen LogP contribution is 2.51. The molecule has 0 aromatic heterocycles. The fourth-order valence-electron chi connectivity index (χ4n) is 4.43. The van der Waals surface area contributed by atoms with Crippen molar-refractivity contribution in [3.05, 3.63) is 77.4 Å². The van der Waals surface area contributed by atoms with E-state index in [0.717, 1.165) is 46.5 Å². The van der Waals surface area contributed by atoms with Gasteiger partial charge in [-0.25, -0.2) is 0 Å². The summed E-state index contributed by atoms with van der Waals surface area (Å²) < 4.78 is 10.9. The minimum absolute atomic E-state index is 0. The van der Waals surface area contributed by atoms with Crippen LogP contribution in [-0.4, -0.2) is 25.2 Å². The molecule has 0 bridgehead atoms. The van der Waals surface area contributed by atoms with Crippen LogP contribution in [0, 0.1) is 12.8 Å². The second-order valence-corrected chi connectivity index (χ2v) is 9.82. The van der Waals surface area contributed by atoms with E-state index in [1.165, 1.54) is 0 Å². The van der Waals surface area contributed by atoms with Crippen molar-refractivity contribution in [1.82, 2.24) is 5.32 Å². The highest BCUT2D eigenvalue weighted by atomic mass is 16.7. The minimum Gasteiger partial charge on any atom is -0.454 e. The Balaban J connectivity index is 0.00000304. The van der Waals surface area contributed by atoms with Gasteiger partial charge in [0.1, 0.15) is 0 Å². The molecule has 0 saturated heterocycles. The van der Waals surface area contributed by atoms with E-state index in [-0.39, 0.29) is 20.0 Å². The zero-order valence-corrected chi connectivity index (χ0v) is 20.3. The molecule has 1 aliphatic heterocycles. The molecular formula is C29H32N2O4. The van der Waals surface area contributed by atoms with Crippen LogP contribution in [0.25, 0.3) is 11.1 Å². The maximum Gasteiger partial charge on any atom is 0.251 e. The molecule has 2 aliphatic rings. The number of ether oxygens (including phenoxy) is 2. The zero-order chi connectivity index (χ0) is 24.6. The summed E-state index contributed by atoms with van der Waals surface area (Å²) in [5, 5.41) is 6.08. The number of anilines is 1. The van der Waals surface area contributed by atoms with Crippen LogP contribution in [0.15, 0.2) is 60.7 Å². The van der Waals surface area contributed by atoms with Gasteiger partial charge in [0, 0.05) is 19.2 Å². The lowest BCUT2D eigenvalue weighted by Crippen LogP contribution is -2.27. The Hall–Kier alpha value is -3.80. The number of aryl methyl sites for hydroxylation is 1. The van der Waals surface area contributed by atoms with Gasteiger partial charge in [-0.15, -0.1) is 0 Å². The second-order valence-electron chi connectivity index (χ2n) is 9.82. The van der Waals surface area contributed by atoms with Crippen LogP contribution in [0.5, 0.6) is 11.5 Å². The standard InChI is InChI=1S/C29H30N2O4.H2/c1-18(2)16-30-27(32)21-7-5-20(6-8-21)24-15-23(10-4-19(24)3)31-28(33)29(12-13-29)22-9-11-25-26(14-22)35-17-34-25;/h4-11,14-15,18H,12-13,16-17H2,1-3H3,(H,30,32)(H,31,33);1H. The van der Waals surface area contributed by atoms with Crippen LogP contribution in [-0.2, 0) is 10.2 Å². The highest BCUT2D eigenvalue weighted by molar-refractivity contribution is 6.02. The zero-order valence-electron chi connectivity index (χ0n) is 20.3. The Kier molecular flexibility index (Phi) is 5.97. The third-order valence-corrected chi connectivity index (χ3v) is 6.73. The number of rotatable bonds is 7. The van der Waals surface area contributed by atoms with Crippen LogP contribution in [0.2, 0.25) is 0 Å². The number of hydrogen-bond donors (Lipinski definition) is 2. The highest BCUT2D eigenvalue weighted by Gasteiger charge is 2.51. The van der Waals surface area contributed by atoms with E-state index in [4.69, 9.17) is 9.47 Å². The lowest BCUT2D eigenvalue weighted by Gasteiger charge is -2.17. The fourth-order valence-corrected chi connectivity index (χ4v) is 4.43. The molecule has 2 N–H and O–H groups in total. The Morgan fingerprint density at radius 2 is 1.71 bits per heavy atom. The molecule has 0 atom stereocenters. The third kappa shape index (κ3) is 4.61. The summed E-state index contributed by atoms with van der Waals surface area (Å²) in [4.78, 5) is 25.7. The molecule has 1 saturated carbocycles. The molecule has 3 aromatic carbocycles. The molecule has 6 nitrogen and oxygen atoms in total. The molecule has 2 amide bonds. The summed E-state index contributed by atoms with van der Waals surface area (Å²) in [5.74, 6) is 1.74. The van der Waals surface area contributed by atoms with Crippen LogP contribution in [0.1, 0.15) is 49.6 Å². The number of nitrogens with one attached hydrogen (secondary N) is 2. The summed E-state index contributed by atoms with van der Waals surface area (Å²) in [6, 6.07) is 19.3. The first kappa shape index (κ1) is 23.0. The van der Waals surface area contributed by atoms with Gasteiger partial charge in [-0.3, -0.25) is 9.59 Å². The maximum absolute atomic E-state index is 13.3. The van der Waals surface area contributed by atoms with E-state index < -0.39 is 5.41 Å². The van der Waals surface area contributed by atoms with Gasteiger partial charge in [0.25, 0.3) is 5.91 Å². The van der Waals surface area contributed by atoms with Gasteiger partial charge >= 0.3 is 0 Å². The Morgan fingerprint density at radius 1 is 0.971 bits per heavy atom. The normalized spacial score (nSPS) is 15.1. The van der Waals surface area contributed by atoms with Crippen molar-refractivity contribution >= 4 is 17.5 Å². The minimum atomic E-state index is -0.531. The quantitative estimate of drug-likeness (QED) is 0.463. The van der Waals surface area contributed by atoms with E-state index in [0.29, 0.717) is 23.8 Å². The first-order valence-electron chi connectivity index (χ1n) is 12.1. The summed E-state index contributed by atoms with van der Waals surface area (Å²) >= 11 is 0. The molecule has 0 unspecified atom stereocenters. The molecule has 6 heteroatoms. The van der Waals surface area contributed by atoms with Gasteiger partial charge in [-0.2, -0.15) is 0 Å². The number of carbonyl (C=O) groups excluding carboxylic acids is 2. The molecule has 35 heavy (non-hydrogen) atoms. The van der Waals surface area contributed by atoms with Crippen molar-refractivity contribution in [2.24, 2.45) is 5.92 Å². The first-order valence-corrected chi connectivity index (χ1v) is 12.1. The summed E-state index contributed by atoms with van der Waals surface area (Å²) in [5.41, 5.74) is 4.92. The van der Waals surface area contributed by atoms with E-state index in [1.807, 2.05) is 67.6 Å². The largest absolute Gasteiger partial charge is 0.454 e. The Labute approximate surface area is 207 Å². The molecular weight excluding hydrogens is 440 g/mol. The van der Waals surface area contributed by atoms with Crippen molar-refractivity contribution in [3.63, 3.8) is 0 Å². The molecule has 182 valence electrons. The van der Waals surface area contributed by atoms with E-state index in [1.54, 1.807) is 0 Å². The van der Waals surface area contributed by atoms with Crippen molar-refractivity contribution < 1.29 is 20.5 Å². The maximum atomic E-state index is 13.3. The lowest BCUT2D eigenvalue weighted by molar-refractivity contribution is -0.118. The van der Waals surface area contributed by atoms with Crippen LogP contribution in [0.4, 0.5) is 5.69 Å². The van der Waals surface area contributed by atoms with E-state index in [2.05, 4.69) is 24.5 Å². The van der Waals surface area contributed by atoms with Crippen LogP contribution in [0.3, 0.4) is 0 Å². The SMILES string of the molecule is Cc1ccc(NC(=O)C2(c3ccc4c(c3)OCO4)CC2)cc1-c1ccc(C(=O)NCC(C)C)cc1.[HH].